The number of nitrogens with zero attached hydrogens (tertiary/aromatic N) is 4. The topological polar surface area (TPSA) is 93.6 Å². The van der Waals surface area contributed by atoms with Crippen LogP contribution in [0.3, 0.4) is 0 Å². The van der Waals surface area contributed by atoms with Gasteiger partial charge in [0, 0.05) is 40.1 Å². The molecule has 7 nitrogen and oxygen atoms in total. The number of thiophene rings is 1. The van der Waals surface area contributed by atoms with Crippen LogP contribution in [0.1, 0.15) is 103 Å². The Morgan fingerprint density at radius 1 is 1.16 bits per heavy atom. The molecule has 3 aromatic heterocycles. The fourth-order valence-electron chi connectivity index (χ4n) is 7.23. The van der Waals surface area contributed by atoms with Crippen LogP contribution >= 0.6 is 11.3 Å². The molecule has 0 radical (unpaired) electrons. The standard InChI is InChI=1S/C34H38FN5O2S/c1-20-24-12-15-43-30(24)11-14-39(20)32(41)28-17-29(23-8-9-23)40-31(37-28)18-27(38-40)25-10-7-21(16-26(25)35)5-6-22-4-3-13-34(2,19-22)33(36)42/h7,10,12,15-18,20,22-23H,3-6,8-9,11,13-14,19H2,1-2H3,(H2,36,42)/t20-,22?,34-/m1/s1. The number of halogens is 1. The Bertz CT molecular complexity index is 1720. The summed E-state index contributed by atoms with van der Waals surface area (Å²) >= 11 is 1.76. The number of aromatic nitrogens is 3. The largest absolute Gasteiger partial charge is 0.369 e. The quantitative estimate of drug-likeness (QED) is 0.252. The number of carbonyl (C=O) groups excluding carboxylic acids is 2. The first-order chi connectivity index (χ1) is 20.7. The summed E-state index contributed by atoms with van der Waals surface area (Å²) in [6.07, 6.45) is 8.34. The maximum atomic E-state index is 15.5. The van der Waals surface area contributed by atoms with Crippen LogP contribution in [0.5, 0.6) is 0 Å². The molecule has 7 rings (SSSR count). The number of primary amides is 1. The Labute approximate surface area is 255 Å². The number of hydrogen-bond acceptors (Lipinski definition) is 5. The first kappa shape index (κ1) is 28.2. The molecule has 43 heavy (non-hydrogen) atoms. The summed E-state index contributed by atoms with van der Waals surface area (Å²) in [5.41, 5.74) is 10.3. The van der Waals surface area contributed by atoms with Gasteiger partial charge in [0.05, 0.1) is 11.7 Å². The van der Waals surface area contributed by atoms with Crippen LogP contribution in [0, 0.1) is 17.2 Å². The highest BCUT2D eigenvalue weighted by molar-refractivity contribution is 7.10. The average molecular weight is 600 g/mol. The molecule has 2 fully saturated rings. The highest BCUT2D eigenvalue weighted by Crippen LogP contribution is 2.42. The molecule has 4 heterocycles. The number of amides is 2. The van der Waals surface area contributed by atoms with E-state index < -0.39 is 5.41 Å². The molecule has 2 aliphatic carbocycles. The first-order valence-corrected chi connectivity index (χ1v) is 16.4. The Hall–Kier alpha value is -3.59. The van der Waals surface area contributed by atoms with E-state index in [1.165, 1.54) is 10.4 Å². The van der Waals surface area contributed by atoms with Crippen molar-refractivity contribution in [3.8, 4) is 11.3 Å². The van der Waals surface area contributed by atoms with Gasteiger partial charge in [-0.05, 0) is 98.6 Å². The molecule has 9 heteroatoms. The summed E-state index contributed by atoms with van der Waals surface area (Å²) < 4.78 is 17.3. The zero-order chi connectivity index (χ0) is 29.9. The van der Waals surface area contributed by atoms with E-state index in [-0.39, 0.29) is 23.7 Å². The molecular weight excluding hydrogens is 561 g/mol. The summed E-state index contributed by atoms with van der Waals surface area (Å²) in [4.78, 5) is 33.7. The molecule has 1 aromatic carbocycles. The second-order valence-electron chi connectivity index (χ2n) is 13.1. The maximum Gasteiger partial charge on any atom is 0.273 e. The van der Waals surface area contributed by atoms with E-state index in [0.717, 1.165) is 69.0 Å². The van der Waals surface area contributed by atoms with E-state index in [4.69, 9.17) is 15.8 Å². The van der Waals surface area contributed by atoms with E-state index >= 15 is 4.39 Å². The molecule has 2 N–H and O–H groups in total. The molecule has 224 valence electrons. The Kier molecular flexibility index (Phi) is 7.11. The van der Waals surface area contributed by atoms with Gasteiger partial charge >= 0.3 is 0 Å². The number of nitrogens with two attached hydrogens (primary N) is 1. The Morgan fingerprint density at radius 3 is 2.77 bits per heavy atom. The highest BCUT2D eigenvalue weighted by Gasteiger charge is 2.37. The molecule has 1 aliphatic heterocycles. The van der Waals surface area contributed by atoms with Crippen molar-refractivity contribution < 1.29 is 14.0 Å². The van der Waals surface area contributed by atoms with Crippen molar-refractivity contribution in [3.63, 3.8) is 0 Å². The number of carbonyl (C=O) groups is 2. The zero-order valence-electron chi connectivity index (χ0n) is 24.8. The third kappa shape index (κ3) is 5.26. The smallest absolute Gasteiger partial charge is 0.273 e. The van der Waals surface area contributed by atoms with Crippen LogP contribution in [0.4, 0.5) is 4.39 Å². The van der Waals surface area contributed by atoms with Crippen LogP contribution in [0.2, 0.25) is 0 Å². The monoisotopic (exact) mass is 599 g/mol. The number of benzene rings is 1. The number of rotatable bonds is 7. The lowest BCUT2D eigenvalue weighted by molar-refractivity contribution is -0.129. The van der Waals surface area contributed by atoms with E-state index in [0.29, 0.717) is 41.0 Å². The van der Waals surface area contributed by atoms with Crippen molar-refractivity contribution in [2.24, 2.45) is 17.1 Å². The molecule has 3 aliphatic rings. The summed E-state index contributed by atoms with van der Waals surface area (Å²) in [6, 6.07) is 11.2. The minimum absolute atomic E-state index is 0.00349. The number of aryl methyl sites for hydroxylation is 1. The highest BCUT2D eigenvalue weighted by atomic mass is 32.1. The average Bonchev–Trinajstić information content (AvgIpc) is 3.55. The predicted molar refractivity (Wildman–Crippen MR) is 165 cm³/mol. The molecule has 0 bridgehead atoms. The van der Waals surface area contributed by atoms with Gasteiger partial charge in [0.2, 0.25) is 5.91 Å². The summed E-state index contributed by atoms with van der Waals surface area (Å²) in [5.74, 6) is 0.145. The van der Waals surface area contributed by atoms with Gasteiger partial charge in [-0.2, -0.15) is 5.10 Å². The fourth-order valence-corrected chi connectivity index (χ4v) is 8.19. The lowest BCUT2D eigenvalue weighted by Crippen LogP contribution is -2.38. The van der Waals surface area contributed by atoms with Crippen LogP contribution < -0.4 is 5.73 Å². The lowest BCUT2D eigenvalue weighted by Gasteiger charge is -2.35. The molecule has 3 atom stereocenters. The maximum absolute atomic E-state index is 15.5. The van der Waals surface area contributed by atoms with Crippen molar-refractivity contribution in [3.05, 3.63) is 75.0 Å². The lowest BCUT2D eigenvalue weighted by atomic mass is 9.69. The van der Waals surface area contributed by atoms with Crippen molar-refractivity contribution in [2.45, 2.75) is 83.6 Å². The molecule has 2 saturated carbocycles. The van der Waals surface area contributed by atoms with Crippen LogP contribution in [0.25, 0.3) is 16.9 Å². The first-order valence-electron chi connectivity index (χ1n) is 15.6. The third-order valence-corrected chi connectivity index (χ3v) is 11.0. The Morgan fingerprint density at radius 2 is 2.00 bits per heavy atom. The van der Waals surface area contributed by atoms with Gasteiger partial charge in [-0.15, -0.1) is 11.3 Å². The van der Waals surface area contributed by atoms with Gasteiger partial charge in [-0.25, -0.2) is 13.9 Å². The third-order valence-electron chi connectivity index (χ3n) is 10.0. The normalized spacial score (nSPS) is 23.8. The summed E-state index contributed by atoms with van der Waals surface area (Å²) in [6.45, 7) is 4.73. The molecular formula is C34H38FN5O2S. The van der Waals surface area contributed by atoms with E-state index in [9.17, 15) is 9.59 Å². The molecule has 0 saturated heterocycles. The van der Waals surface area contributed by atoms with Gasteiger partial charge in [0.1, 0.15) is 11.5 Å². The Balaban J connectivity index is 1.12. The van der Waals surface area contributed by atoms with Crippen molar-refractivity contribution in [1.82, 2.24) is 19.5 Å². The van der Waals surface area contributed by atoms with Gasteiger partial charge < -0.3 is 10.6 Å². The predicted octanol–water partition coefficient (Wildman–Crippen LogP) is 6.85. The van der Waals surface area contributed by atoms with Crippen LogP contribution in [-0.4, -0.2) is 37.9 Å². The minimum Gasteiger partial charge on any atom is -0.369 e. The number of hydrogen-bond donors (Lipinski definition) is 1. The zero-order valence-corrected chi connectivity index (χ0v) is 25.6. The second kappa shape index (κ2) is 10.8. The van der Waals surface area contributed by atoms with Crippen LogP contribution in [-0.2, 0) is 17.6 Å². The SMILES string of the molecule is C[C@@H]1c2ccsc2CCN1C(=O)c1cc(C2CC2)n2nc(-c3ccc(CCC4CCC[C@@](C)(C(N)=O)C4)cc3F)cc2n1. The van der Waals surface area contributed by atoms with Gasteiger partial charge in [0.25, 0.3) is 5.91 Å². The van der Waals surface area contributed by atoms with Gasteiger partial charge in [-0.3, -0.25) is 9.59 Å². The van der Waals surface area contributed by atoms with E-state index in [1.807, 2.05) is 24.0 Å². The van der Waals surface area contributed by atoms with Crippen molar-refractivity contribution in [2.75, 3.05) is 6.54 Å². The molecule has 2 amide bonds. The van der Waals surface area contributed by atoms with E-state index in [2.05, 4.69) is 18.4 Å². The number of fused-ring (bicyclic) bond motifs is 2. The van der Waals surface area contributed by atoms with Crippen molar-refractivity contribution in [1.29, 1.82) is 0 Å². The minimum atomic E-state index is -0.432. The van der Waals surface area contributed by atoms with Crippen LogP contribution in [0.15, 0.2) is 41.8 Å². The summed E-state index contributed by atoms with van der Waals surface area (Å²) in [7, 11) is 0. The van der Waals surface area contributed by atoms with Crippen molar-refractivity contribution >= 4 is 28.8 Å². The second-order valence-corrected chi connectivity index (χ2v) is 14.1. The van der Waals surface area contributed by atoms with Gasteiger partial charge in [0.15, 0.2) is 5.65 Å². The van der Waals surface area contributed by atoms with Gasteiger partial charge in [-0.1, -0.05) is 25.8 Å². The summed E-state index contributed by atoms with van der Waals surface area (Å²) in [5, 5.41) is 6.88. The van der Waals surface area contributed by atoms with E-state index in [1.54, 1.807) is 34.1 Å². The molecule has 0 spiro atoms. The fraction of sp³-hybridized carbons (Fsp3) is 0.471. The molecule has 4 aromatic rings. The molecule has 1 unspecified atom stereocenters.